The van der Waals surface area contributed by atoms with Crippen molar-refractivity contribution >= 4 is 5.91 Å². The van der Waals surface area contributed by atoms with E-state index < -0.39 is 5.72 Å². The summed E-state index contributed by atoms with van der Waals surface area (Å²) in [4.78, 5) is 11.5. The molecule has 2 N–H and O–H groups in total. The van der Waals surface area contributed by atoms with E-state index in [1.807, 2.05) is 42.5 Å². The molecule has 3 rings (SSSR count). The Labute approximate surface area is 166 Å². The molecule has 0 radical (unpaired) electrons. The average Bonchev–Trinajstić information content (AvgIpc) is 3.50. The highest BCUT2D eigenvalue weighted by atomic mass is 16.6. The summed E-state index contributed by atoms with van der Waals surface area (Å²) in [5.74, 6) is 6.29. The van der Waals surface area contributed by atoms with Crippen molar-refractivity contribution in [2.75, 3.05) is 26.9 Å². The van der Waals surface area contributed by atoms with Gasteiger partial charge in [-0.1, -0.05) is 53.8 Å². The molecule has 1 fully saturated rings. The van der Waals surface area contributed by atoms with Gasteiger partial charge in [0.15, 0.2) is 5.72 Å². The summed E-state index contributed by atoms with van der Waals surface area (Å²) in [5.41, 5.74) is 2.65. The molecule has 0 bridgehead atoms. The van der Waals surface area contributed by atoms with E-state index in [-0.39, 0.29) is 11.9 Å². The standard InChI is InChI=1S/C23H26N2O3/c1-18(26)25-22(16-27-2)23(17-28-23)24-15-21-10-6-9-20(13-14-21)12-11-19-7-4-3-5-8-19/h3-9,13-14,22,24H,10,15-17H2,1-2H3,(H,25,26). The summed E-state index contributed by atoms with van der Waals surface area (Å²) in [6, 6.07) is 9.73. The molecule has 1 aromatic rings. The van der Waals surface area contributed by atoms with Crippen LogP contribution in [0.1, 0.15) is 18.9 Å². The molecule has 0 spiro atoms. The SMILES string of the molecule is COCC(NC(C)=O)C1(NCC2=CC=C(C#Cc3ccccc3)C=CC2)CO1. The number of benzene rings is 1. The molecule has 0 aromatic heterocycles. The molecule has 0 saturated carbocycles. The van der Waals surface area contributed by atoms with Crippen LogP contribution in [0.3, 0.4) is 0 Å². The molecule has 1 heterocycles. The van der Waals surface area contributed by atoms with Crippen molar-refractivity contribution < 1.29 is 14.3 Å². The maximum absolute atomic E-state index is 11.5. The third kappa shape index (κ3) is 5.67. The van der Waals surface area contributed by atoms with Gasteiger partial charge < -0.3 is 14.8 Å². The minimum atomic E-state index is -0.557. The van der Waals surface area contributed by atoms with Crippen LogP contribution in [0, 0.1) is 11.8 Å². The summed E-state index contributed by atoms with van der Waals surface area (Å²) in [6.45, 7) is 3.11. The molecule has 2 unspecified atom stereocenters. The van der Waals surface area contributed by atoms with E-state index in [4.69, 9.17) is 9.47 Å². The van der Waals surface area contributed by atoms with Gasteiger partial charge >= 0.3 is 0 Å². The topological polar surface area (TPSA) is 62.9 Å². The van der Waals surface area contributed by atoms with E-state index in [1.165, 1.54) is 12.5 Å². The number of epoxide rings is 1. The maximum atomic E-state index is 11.5. The molecule has 28 heavy (non-hydrogen) atoms. The van der Waals surface area contributed by atoms with Gasteiger partial charge in [0.1, 0.15) is 0 Å². The minimum Gasteiger partial charge on any atom is -0.382 e. The van der Waals surface area contributed by atoms with Gasteiger partial charge in [-0.3, -0.25) is 10.1 Å². The number of hydrogen-bond acceptors (Lipinski definition) is 4. The molecule has 1 amide bonds. The number of nitrogens with one attached hydrogen (secondary N) is 2. The Balaban J connectivity index is 1.61. The number of hydrogen-bond donors (Lipinski definition) is 2. The number of ether oxygens (including phenoxy) is 2. The first-order valence-electron chi connectivity index (χ1n) is 9.40. The Morgan fingerprint density at radius 1 is 1.29 bits per heavy atom. The third-order valence-corrected chi connectivity index (χ3v) is 4.64. The normalized spacial score (nSPS) is 21.5. The maximum Gasteiger partial charge on any atom is 0.217 e. The van der Waals surface area contributed by atoms with Crippen LogP contribution in [-0.2, 0) is 14.3 Å². The lowest BCUT2D eigenvalue weighted by molar-refractivity contribution is -0.120. The zero-order valence-corrected chi connectivity index (χ0v) is 16.3. The van der Waals surface area contributed by atoms with Crippen molar-refractivity contribution in [2.24, 2.45) is 0 Å². The lowest BCUT2D eigenvalue weighted by atomic mass is 10.1. The molecule has 1 saturated heterocycles. The Morgan fingerprint density at radius 3 is 2.75 bits per heavy atom. The van der Waals surface area contributed by atoms with Gasteiger partial charge in [0.05, 0.1) is 19.3 Å². The Morgan fingerprint density at radius 2 is 2.07 bits per heavy atom. The average molecular weight is 378 g/mol. The quantitative estimate of drug-likeness (QED) is 0.565. The lowest BCUT2D eigenvalue weighted by Gasteiger charge is -2.25. The number of methoxy groups -OCH3 is 1. The first-order chi connectivity index (χ1) is 13.6. The zero-order valence-electron chi connectivity index (χ0n) is 16.3. The number of amides is 1. The summed E-state index contributed by atoms with van der Waals surface area (Å²) in [6.07, 6.45) is 9.14. The van der Waals surface area contributed by atoms with Crippen LogP contribution in [0.5, 0.6) is 0 Å². The van der Waals surface area contributed by atoms with Gasteiger partial charge in [-0.15, -0.1) is 0 Å². The van der Waals surface area contributed by atoms with Gasteiger partial charge in [0.25, 0.3) is 0 Å². The fourth-order valence-corrected chi connectivity index (χ4v) is 3.02. The van der Waals surface area contributed by atoms with E-state index in [9.17, 15) is 4.79 Å². The number of carbonyl (C=O) groups excluding carboxylic acids is 1. The van der Waals surface area contributed by atoms with Gasteiger partial charge in [-0.25, -0.2) is 0 Å². The van der Waals surface area contributed by atoms with Crippen LogP contribution in [0.4, 0.5) is 0 Å². The summed E-state index contributed by atoms with van der Waals surface area (Å²) in [5, 5.41) is 6.35. The molecular weight excluding hydrogens is 352 g/mol. The second-order valence-electron chi connectivity index (χ2n) is 6.91. The highest BCUT2D eigenvalue weighted by molar-refractivity contribution is 5.73. The van der Waals surface area contributed by atoms with Crippen molar-refractivity contribution in [3.63, 3.8) is 0 Å². The lowest BCUT2D eigenvalue weighted by Crippen LogP contribution is -2.55. The van der Waals surface area contributed by atoms with Crippen molar-refractivity contribution in [3.8, 4) is 11.8 Å². The third-order valence-electron chi connectivity index (χ3n) is 4.64. The number of carbonyl (C=O) groups is 1. The van der Waals surface area contributed by atoms with Gasteiger partial charge in [0, 0.05) is 31.7 Å². The van der Waals surface area contributed by atoms with Crippen molar-refractivity contribution in [1.82, 2.24) is 10.6 Å². The molecule has 5 nitrogen and oxygen atoms in total. The van der Waals surface area contributed by atoms with E-state index >= 15 is 0 Å². The van der Waals surface area contributed by atoms with E-state index in [1.54, 1.807) is 7.11 Å². The fourth-order valence-electron chi connectivity index (χ4n) is 3.02. The highest BCUT2D eigenvalue weighted by Crippen LogP contribution is 2.28. The van der Waals surface area contributed by atoms with Crippen LogP contribution >= 0.6 is 0 Å². The molecule has 146 valence electrons. The summed E-state index contributed by atoms with van der Waals surface area (Å²) >= 11 is 0. The summed E-state index contributed by atoms with van der Waals surface area (Å²) in [7, 11) is 1.62. The molecule has 2 atom stereocenters. The molecule has 2 aliphatic rings. The highest BCUT2D eigenvalue weighted by Gasteiger charge is 2.52. The van der Waals surface area contributed by atoms with Crippen LogP contribution in [0.15, 0.2) is 65.8 Å². The molecular formula is C23H26N2O3. The van der Waals surface area contributed by atoms with E-state index in [2.05, 4.69) is 34.6 Å². The first kappa shape index (κ1) is 20.1. The van der Waals surface area contributed by atoms with Crippen molar-refractivity contribution in [3.05, 3.63) is 71.3 Å². The largest absolute Gasteiger partial charge is 0.382 e. The first-order valence-corrected chi connectivity index (χ1v) is 9.40. The van der Waals surface area contributed by atoms with Gasteiger partial charge in [0.2, 0.25) is 5.91 Å². The fraction of sp³-hybridized carbons (Fsp3) is 0.348. The monoisotopic (exact) mass is 378 g/mol. The smallest absolute Gasteiger partial charge is 0.217 e. The van der Waals surface area contributed by atoms with Gasteiger partial charge in [-0.2, -0.15) is 0 Å². The van der Waals surface area contributed by atoms with Crippen molar-refractivity contribution in [2.45, 2.75) is 25.1 Å². The predicted molar refractivity (Wildman–Crippen MR) is 109 cm³/mol. The van der Waals surface area contributed by atoms with Crippen LogP contribution in [-0.4, -0.2) is 44.5 Å². The molecule has 1 aliphatic carbocycles. The number of allylic oxidation sites excluding steroid dienone is 5. The van der Waals surface area contributed by atoms with E-state index in [0.29, 0.717) is 19.8 Å². The van der Waals surface area contributed by atoms with Gasteiger partial charge in [-0.05, 0) is 24.6 Å². The van der Waals surface area contributed by atoms with Crippen LogP contribution in [0.25, 0.3) is 0 Å². The zero-order chi connectivity index (χ0) is 19.8. The van der Waals surface area contributed by atoms with E-state index in [0.717, 1.165) is 17.6 Å². The Bertz CT molecular complexity index is 840. The Kier molecular flexibility index (Phi) is 6.83. The van der Waals surface area contributed by atoms with Crippen LogP contribution in [0.2, 0.25) is 0 Å². The number of rotatable bonds is 7. The van der Waals surface area contributed by atoms with Crippen molar-refractivity contribution in [1.29, 1.82) is 0 Å². The second-order valence-corrected chi connectivity index (χ2v) is 6.91. The predicted octanol–water partition coefficient (Wildman–Crippen LogP) is 2.32. The Hall–Kier alpha value is -2.65. The molecule has 1 aromatic carbocycles. The van der Waals surface area contributed by atoms with Crippen LogP contribution < -0.4 is 10.6 Å². The molecule has 5 heteroatoms. The summed E-state index contributed by atoms with van der Waals surface area (Å²) < 4.78 is 10.9. The molecule has 1 aliphatic heterocycles. The minimum absolute atomic E-state index is 0.0973. The second kappa shape index (κ2) is 9.52.